The number of para-hydroxylation sites is 1. The molecular weight excluding hydrogens is 757 g/mol. The normalized spacial score (nSPS) is 14.0. The van der Waals surface area contributed by atoms with Gasteiger partial charge in [-0.25, -0.2) is 9.98 Å². The van der Waals surface area contributed by atoms with Gasteiger partial charge in [-0.05, 0) is 88.0 Å². The maximum absolute atomic E-state index is 6.77. The molecule has 0 spiro atoms. The fourth-order valence-corrected chi connectivity index (χ4v) is 9.04. The van der Waals surface area contributed by atoms with E-state index in [0.717, 1.165) is 72.3 Å². The van der Waals surface area contributed by atoms with E-state index in [1.165, 1.54) is 33.0 Å². The Kier molecular flexibility index (Phi) is 8.49. The van der Waals surface area contributed by atoms with E-state index in [9.17, 15) is 0 Å². The second-order valence-electron chi connectivity index (χ2n) is 15.8. The lowest BCUT2D eigenvalue weighted by molar-refractivity contribution is 0.655. The minimum absolute atomic E-state index is 0.394. The number of hydrogen-bond donors (Lipinski definition) is 1. The largest absolute Gasteiger partial charge is 0.456 e. The van der Waals surface area contributed by atoms with Gasteiger partial charge >= 0.3 is 0 Å². The first kappa shape index (κ1) is 35.6. The molecule has 5 nitrogen and oxygen atoms in total. The van der Waals surface area contributed by atoms with Gasteiger partial charge in [-0.2, -0.15) is 0 Å². The standard InChI is InChI=1S/C57H38N4O/c1-4-14-37(15-5-1)41-20-12-21-42(34-41)39-26-29-46(30-27-39)61-50-25-11-10-24-47(50)48-32-33-51-53(54(48)61)49-31-28-45(36-52(49)62-51)57-59-55(40-18-8-3-9-19-40)58-56(60-57)44-23-13-22-43(35-44)38-16-6-2-7-17-38/h1-36,57H,(H,58,59,60). The lowest BCUT2D eigenvalue weighted by atomic mass is 9.99. The van der Waals surface area contributed by atoms with Crippen LogP contribution in [0.1, 0.15) is 22.9 Å². The highest BCUT2D eigenvalue weighted by atomic mass is 16.3. The molecule has 11 aromatic rings. The lowest BCUT2D eigenvalue weighted by Crippen LogP contribution is -2.33. The third-order valence-electron chi connectivity index (χ3n) is 12.1. The number of benzene rings is 9. The molecular formula is C57H38N4O. The van der Waals surface area contributed by atoms with Crippen LogP contribution in [0.4, 0.5) is 0 Å². The Morgan fingerprint density at radius 1 is 0.419 bits per heavy atom. The van der Waals surface area contributed by atoms with Crippen molar-refractivity contribution in [3.05, 3.63) is 235 Å². The second kappa shape index (κ2) is 14.8. The van der Waals surface area contributed by atoms with Gasteiger partial charge in [-0.15, -0.1) is 0 Å². The molecule has 12 rings (SSSR count). The summed E-state index contributed by atoms with van der Waals surface area (Å²) >= 11 is 0. The van der Waals surface area contributed by atoms with Crippen LogP contribution >= 0.6 is 0 Å². The van der Waals surface area contributed by atoms with Gasteiger partial charge in [0.15, 0.2) is 5.84 Å². The van der Waals surface area contributed by atoms with Crippen molar-refractivity contribution in [3.63, 3.8) is 0 Å². The van der Waals surface area contributed by atoms with Gasteiger partial charge in [0.05, 0.1) is 16.4 Å². The van der Waals surface area contributed by atoms with E-state index in [0.29, 0.717) is 5.84 Å². The van der Waals surface area contributed by atoms with Crippen LogP contribution in [0.2, 0.25) is 0 Å². The summed E-state index contributed by atoms with van der Waals surface area (Å²) in [6, 6.07) is 76.9. The van der Waals surface area contributed by atoms with Crippen molar-refractivity contribution in [3.8, 4) is 39.1 Å². The number of furan rings is 1. The molecule has 0 saturated carbocycles. The highest BCUT2D eigenvalue weighted by Crippen LogP contribution is 2.42. The summed E-state index contributed by atoms with van der Waals surface area (Å²) in [6.45, 7) is 0. The Balaban J connectivity index is 0.964. The van der Waals surface area contributed by atoms with E-state index in [2.05, 4.69) is 204 Å². The highest BCUT2D eigenvalue weighted by molar-refractivity contribution is 6.24. The van der Waals surface area contributed by atoms with Crippen molar-refractivity contribution in [1.29, 1.82) is 0 Å². The van der Waals surface area contributed by atoms with Crippen molar-refractivity contribution in [1.82, 2.24) is 9.88 Å². The molecule has 0 bridgehead atoms. The van der Waals surface area contributed by atoms with Gasteiger partial charge in [-0.3, -0.25) is 0 Å². The average Bonchev–Trinajstić information content (AvgIpc) is 3.90. The molecule has 0 radical (unpaired) electrons. The first-order valence-corrected chi connectivity index (χ1v) is 21.0. The summed E-state index contributed by atoms with van der Waals surface area (Å²) in [7, 11) is 0. The van der Waals surface area contributed by atoms with Crippen molar-refractivity contribution >= 4 is 55.4 Å². The zero-order chi connectivity index (χ0) is 41.0. The zero-order valence-corrected chi connectivity index (χ0v) is 33.6. The van der Waals surface area contributed by atoms with Gasteiger partial charge in [-0.1, -0.05) is 164 Å². The SMILES string of the molecule is c1ccc(C2=NC(c3cccc(-c4ccccc4)c3)=NC(c3ccc4c(c3)oc3ccc5c6ccccc6n(-c6ccc(-c7cccc(-c8ccccc8)c7)cc6)c5c34)N2)cc1. The fourth-order valence-electron chi connectivity index (χ4n) is 9.04. The van der Waals surface area contributed by atoms with E-state index < -0.39 is 6.17 Å². The molecule has 292 valence electrons. The maximum Gasteiger partial charge on any atom is 0.159 e. The summed E-state index contributed by atoms with van der Waals surface area (Å²) in [5, 5.41) is 8.18. The summed E-state index contributed by atoms with van der Waals surface area (Å²) in [6.07, 6.45) is -0.394. The Morgan fingerprint density at radius 2 is 0.984 bits per heavy atom. The molecule has 0 saturated heterocycles. The van der Waals surface area contributed by atoms with Gasteiger partial charge < -0.3 is 14.3 Å². The number of fused-ring (bicyclic) bond motifs is 7. The molecule has 1 unspecified atom stereocenters. The van der Waals surface area contributed by atoms with Gasteiger partial charge in [0.1, 0.15) is 23.2 Å². The number of aromatic nitrogens is 1. The number of amidine groups is 2. The van der Waals surface area contributed by atoms with Gasteiger partial charge in [0, 0.05) is 38.5 Å². The maximum atomic E-state index is 6.77. The molecule has 1 aliphatic heterocycles. The first-order chi connectivity index (χ1) is 30.7. The molecule has 0 amide bonds. The van der Waals surface area contributed by atoms with E-state index in [1.807, 2.05) is 24.3 Å². The quantitative estimate of drug-likeness (QED) is 0.175. The van der Waals surface area contributed by atoms with Crippen molar-refractivity contribution < 1.29 is 4.42 Å². The average molecular weight is 795 g/mol. The number of hydrogen-bond acceptors (Lipinski definition) is 4. The van der Waals surface area contributed by atoms with E-state index >= 15 is 0 Å². The predicted octanol–water partition coefficient (Wildman–Crippen LogP) is 14.2. The lowest BCUT2D eigenvalue weighted by Gasteiger charge is -2.23. The topological polar surface area (TPSA) is 54.8 Å². The van der Waals surface area contributed by atoms with Crippen LogP contribution in [0, 0.1) is 0 Å². The molecule has 0 aliphatic carbocycles. The van der Waals surface area contributed by atoms with Crippen molar-refractivity contribution in [2.75, 3.05) is 0 Å². The third kappa shape index (κ3) is 6.18. The molecule has 3 heterocycles. The molecule has 1 atom stereocenters. The Labute approximate surface area is 358 Å². The van der Waals surface area contributed by atoms with Crippen LogP contribution < -0.4 is 5.32 Å². The number of aliphatic imine (C=N–C) groups is 2. The monoisotopic (exact) mass is 794 g/mol. The molecule has 9 aromatic carbocycles. The predicted molar refractivity (Wildman–Crippen MR) is 256 cm³/mol. The Bertz CT molecular complexity index is 3530. The van der Waals surface area contributed by atoms with Gasteiger partial charge in [0.25, 0.3) is 0 Å². The Morgan fingerprint density at radius 3 is 1.68 bits per heavy atom. The van der Waals surface area contributed by atoms with E-state index in [1.54, 1.807) is 0 Å². The van der Waals surface area contributed by atoms with Crippen LogP contribution in [0.5, 0.6) is 0 Å². The van der Waals surface area contributed by atoms with Crippen LogP contribution in [-0.2, 0) is 0 Å². The van der Waals surface area contributed by atoms with Gasteiger partial charge in [0.2, 0.25) is 0 Å². The third-order valence-corrected chi connectivity index (χ3v) is 12.1. The number of rotatable bonds is 7. The zero-order valence-electron chi connectivity index (χ0n) is 33.6. The van der Waals surface area contributed by atoms with E-state index in [-0.39, 0.29) is 0 Å². The second-order valence-corrected chi connectivity index (χ2v) is 15.8. The smallest absolute Gasteiger partial charge is 0.159 e. The molecule has 5 heteroatoms. The highest BCUT2D eigenvalue weighted by Gasteiger charge is 2.24. The molecule has 0 fully saturated rings. The first-order valence-electron chi connectivity index (χ1n) is 21.0. The fraction of sp³-hybridized carbons (Fsp3) is 0.0175. The molecule has 62 heavy (non-hydrogen) atoms. The van der Waals surface area contributed by atoms with Crippen LogP contribution in [0.15, 0.2) is 233 Å². The summed E-state index contributed by atoms with van der Waals surface area (Å²) in [5.74, 6) is 1.45. The Hall–Kier alpha value is -8.28. The summed E-state index contributed by atoms with van der Waals surface area (Å²) in [4.78, 5) is 10.3. The number of nitrogens with zero attached hydrogens (tertiary/aromatic N) is 3. The minimum Gasteiger partial charge on any atom is -0.456 e. The van der Waals surface area contributed by atoms with Crippen molar-refractivity contribution in [2.45, 2.75) is 6.17 Å². The van der Waals surface area contributed by atoms with Crippen LogP contribution in [-0.4, -0.2) is 16.2 Å². The van der Waals surface area contributed by atoms with E-state index in [4.69, 9.17) is 14.4 Å². The number of nitrogens with one attached hydrogen (secondary N) is 1. The molecule has 1 N–H and O–H groups in total. The summed E-state index contributed by atoms with van der Waals surface area (Å²) in [5.41, 5.74) is 15.0. The van der Waals surface area contributed by atoms with Crippen LogP contribution in [0.3, 0.4) is 0 Å². The molecule has 1 aliphatic rings. The summed E-state index contributed by atoms with van der Waals surface area (Å²) < 4.78 is 9.17. The molecule has 2 aromatic heterocycles. The van der Waals surface area contributed by atoms with Crippen molar-refractivity contribution in [2.24, 2.45) is 9.98 Å². The van der Waals surface area contributed by atoms with Crippen LogP contribution in [0.25, 0.3) is 82.8 Å². The minimum atomic E-state index is -0.394.